The predicted molar refractivity (Wildman–Crippen MR) is 106 cm³/mol. The predicted octanol–water partition coefficient (Wildman–Crippen LogP) is 3.94. The van der Waals surface area contributed by atoms with Gasteiger partial charge in [-0.05, 0) is 18.2 Å². The summed E-state index contributed by atoms with van der Waals surface area (Å²) in [5.74, 6) is 0. The minimum Gasteiger partial charge on any atom is -0.354 e. The number of thiocarbonyl (C=S) groups is 1. The molecule has 25 heavy (non-hydrogen) atoms. The molecule has 0 aromatic heterocycles. The third kappa shape index (κ3) is 3.90. The molecule has 2 aromatic rings. The highest BCUT2D eigenvalue weighted by atomic mass is 35.5. The van der Waals surface area contributed by atoms with E-state index in [2.05, 4.69) is 0 Å². The SMILES string of the molecule is COC(CN1C(=S)CN=C(c2ccccc2)c2cc(Cl)ccc21)OC. The second-order valence-electron chi connectivity index (χ2n) is 5.60. The van der Waals surface area contributed by atoms with Crippen LogP contribution in [-0.2, 0) is 9.47 Å². The molecule has 0 spiro atoms. The lowest BCUT2D eigenvalue weighted by molar-refractivity contribution is -0.0935. The number of halogens is 1. The van der Waals surface area contributed by atoms with Crippen molar-refractivity contribution < 1.29 is 9.47 Å². The normalized spacial score (nSPS) is 14.3. The van der Waals surface area contributed by atoms with Gasteiger partial charge in [0.15, 0.2) is 6.29 Å². The Labute approximate surface area is 158 Å². The van der Waals surface area contributed by atoms with E-state index in [4.69, 9.17) is 38.3 Å². The van der Waals surface area contributed by atoms with Crippen LogP contribution in [0.4, 0.5) is 5.69 Å². The molecule has 2 aromatic carbocycles. The molecule has 130 valence electrons. The van der Waals surface area contributed by atoms with Gasteiger partial charge < -0.3 is 14.4 Å². The first-order chi connectivity index (χ1) is 12.1. The first-order valence-corrected chi connectivity index (χ1v) is 8.68. The quantitative estimate of drug-likeness (QED) is 0.586. The molecule has 6 heteroatoms. The molecule has 1 heterocycles. The fourth-order valence-corrected chi connectivity index (χ4v) is 3.23. The van der Waals surface area contributed by atoms with Gasteiger partial charge in [-0.2, -0.15) is 0 Å². The second-order valence-corrected chi connectivity index (χ2v) is 6.51. The van der Waals surface area contributed by atoms with Crippen molar-refractivity contribution in [1.82, 2.24) is 0 Å². The van der Waals surface area contributed by atoms with E-state index >= 15 is 0 Å². The van der Waals surface area contributed by atoms with E-state index in [1.165, 1.54) is 0 Å². The first kappa shape index (κ1) is 18.0. The van der Waals surface area contributed by atoms with Crippen molar-refractivity contribution in [3.05, 3.63) is 64.7 Å². The number of anilines is 1. The van der Waals surface area contributed by atoms with Gasteiger partial charge in [-0.15, -0.1) is 0 Å². The lowest BCUT2D eigenvalue weighted by Gasteiger charge is -2.28. The summed E-state index contributed by atoms with van der Waals surface area (Å²) in [6.07, 6.45) is -0.389. The van der Waals surface area contributed by atoms with Gasteiger partial charge in [0, 0.05) is 30.4 Å². The maximum absolute atomic E-state index is 6.27. The standard InChI is InChI=1S/C19H19ClN2O2S/c1-23-18(24-2)12-22-16-9-8-14(20)10-15(16)19(21-11-17(22)25)13-6-4-3-5-7-13/h3-10,18H,11-12H2,1-2H3. The van der Waals surface area contributed by atoms with Crippen molar-refractivity contribution >= 4 is 40.2 Å². The summed E-state index contributed by atoms with van der Waals surface area (Å²) in [5.41, 5.74) is 3.82. The van der Waals surface area contributed by atoms with Gasteiger partial charge in [0.2, 0.25) is 0 Å². The zero-order valence-electron chi connectivity index (χ0n) is 14.1. The molecule has 1 aliphatic heterocycles. The Morgan fingerprint density at radius 1 is 1.16 bits per heavy atom. The molecule has 0 saturated carbocycles. The van der Waals surface area contributed by atoms with Gasteiger partial charge in [0.25, 0.3) is 0 Å². The summed E-state index contributed by atoms with van der Waals surface area (Å²) in [4.78, 5) is 7.49. The lowest BCUT2D eigenvalue weighted by Crippen LogP contribution is -2.39. The zero-order chi connectivity index (χ0) is 17.8. The second kappa shape index (κ2) is 8.06. The van der Waals surface area contributed by atoms with Gasteiger partial charge in [-0.3, -0.25) is 4.99 Å². The highest BCUT2D eigenvalue weighted by Gasteiger charge is 2.25. The molecule has 1 aliphatic rings. The Morgan fingerprint density at radius 3 is 2.56 bits per heavy atom. The summed E-state index contributed by atoms with van der Waals surface area (Å²) >= 11 is 11.9. The summed E-state index contributed by atoms with van der Waals surface area (Å²) < 4.78 is 10.7. The molecule has 0 saturated heterocycles. The molecular formula is C19H19ClN2O2S. The van der Waals surface area contributed by atoms with E-state index in [0.29, 0.717) is 23.1 Å². The molecule has 0 fully saturated rings. The monoisotopic (exact) mass is 374 g/mol. The molecule has 0 bridgehead atoms. The van der Waals surface area contributed by atoms with E-state index in [1.54, 1.807) is 14.2 Å². The lowest BCUT2D eigenvalue weighted by atomic mass is 10.00. The Kier molecular flexibility index (Phi) is 5.81. The largest absolute Gasteiger partial charge is 0.354 e. The van der Waals surface area contributed by atoms with E-state index < -0.39 is 0 Å². The minimum absolute atomic E-state index is 0.389. The maximum atomic E-state index is 6.27. The van der Waals surface area contributed by atoms with Crippen molar-refractivity contribution in [3.63, 3.8) is 0 Å². The number of benzodiazepines with no additional fused rings is 1. The molecular weight excluding hydrogens is 356 g/mol. The highest BCUT2D eigenvalue weighted by Crippen LogP contribution is 2.30. The van der Waals surface area contributed by atoms with Crippen LogP contribution in [0, 0.1) is 0 Å². The number of ether oxygens (including phenoxy) is 2. The Bertz CT molecular complexity index is 791. The van der Waals surface area contributed by atoms with Crippen LogP contribution >= 0.6 is 23.8 Å². The molecule has 3 rings (SSSR count). The smallest absolute Gasteiger partial charge is 0.174 e. The maximum Gasteiger partial charge on any atom is 0.174 e. The number of benzene rings is 2. The number of methoxy groups -OCH3 is 2. The number of aliphatic imine (C=N–C) groups is 1. The van der Waals surface area contributed by atoms with Gasteiger partial charge >= 0.3 is 0 Å². The van der Waals surface area contributed by atoms with Crippen LogP contribution in [-0.4, -0.2) is 44.3 Å². The third-order valence-corrected chi connectivity index (χ3v) is 4.67. The van der Waals surface area contributed by atoms with E-state index in [1.807, 2.05) is 53.4 Å². The van der Waals surface area contributed by atoms with Crippen LogP contribution in [0.25, 0.3) is 0 Å². The van der Waals surface area contributed by atoms with Crippen molar-refractivity contribution in [2.45, 2.75) is 6.29 Å². The van der Waals surface area contributed by atoms with Gasteiger partial charge in [-0.1, -0.05) is 54.2 Å². The molecule has 0 N–H and O–H groups in total. The highest BCUT2D eigenvalue weighted by molar-refractivity contribution is 7.80. The number of hydrogen-bond donors (Lipinski definition) is 0. The molecule has 4 nitrogen and oxygen atoms in total. The molecule has 0 aliphatic carbocycles. The minimum atomic E-state index is -0.389. The Hall–Kier alpha value is -1.79. The molecule has 0 radical (unpaired) electrons. The van der Waals surface area contributed by atoms with Crippen LogP contribution in [0.2, 0.25) is 5.02 Å². The van der Waals surface area contributed by atoms with Crippen LogP contribution < -0.4 is 4.90 Å². The average molecular weight is 375 g/mol. The Morgan fingerprint density at radius 2 is 1.88 bits per heavy atom. The van der Waals surface area contributed by atoms with Gasteiger partial charge in [0.1, 0.15) is 4.99 Å². The topological polar surface area (TPSA) is 34.1 Å². The fraction of sp³-hybridized carbons (Fsp3) is 0.263. The van der Waals surface area contributed by atoms with Crippen molar-refractivity contribution in [2.75, 3.05) is 32.2 Å². The van der Waals surface area contributed by atoms with Crippen LogP contribution in [0.1, 0.15) is 11.1 Å². The number of rotatable bonds is 5. The van der Waals surface area contributed by atoms with Crippen molar-refractivity contribution in [3.8, 4) is 0 Å². The number of hydrogen-bond acceptors (Lipinski definition) is 4. The average Bonchev–Trinajstić information content (AvgIpc) is 2.77. The fourth-order valence-electron chi connectivity index (χ4n) is 2.82. The summed E-state index contributed by atoms with van der Waals surface area (Å²) in [6.45, 7) is 0.907. The molecule has 0 atom stereocenters. The van der Waals surface area contributed by atoms with Crippen LogP contribution in [0.5, 0.6) is 0 Å². The summed E-state index contributed by atoms with van der Waals surface area (Å²) in [6, 6.07) is 15.8. The van der Waals surface area contributed by atoms with E-state index in [-0.39, 0.29) is 6.29 Å². The molecule has 0 unspecified atom stereocenters. The number of fused-ring (bicyclic) bond motifs is 1. The first-order valence-electron chi connectivity index (χ1n) is 7.89. The van der Waals surface area contributed by atoms with Crippen molar-refractivity contribution in [1.29, 1.82) is 0 Å². The summed E-state index contributed by atoms with van der Waals surface area (Å²) in [5, 5.41) is 0.658. The van der Waals surface area contributed by atoms with Crippen molar-refractivity contribution in [2.24, 2.45) is 4.99 Å². The number of nitrogens with zero attached hydrogens (tertiary/aromatic N) is 2. The molecule has 0 amide bonds. The third-order valence-electron chi connectivity index (χ3n) is 4.08. The zero-order valence-corrected chi connectivity index (χ0v) is 15.7. The van der Waals surface area contributed by atoms with Gasteiger partial charge in [0.05, 0.1) is 24.5 Å². The van der Waals surface area contributed by atoms with Gasteiger partial charge in [-0.25, -0.2) is 0 Å². The van der Waals surface area contributed by atoms with Crippen LogP contribution in [0.3, 0.4) is 0 Å². The van der Waals surface area contributed by atoms with E-state index in [0.717, 1.165) is 22.5 Å². The Balaban J connectivity index is 2.10. The summed E-state index contributed by atoms with van der Waals surface area (Å²) in [7, 11) is 3.23. The van der Waals surface area contributed by atoms with E-state index in [9.17, 15) is 0 Å². The van der Waals surface area contributed by atoms with Crippen LogP contribution in [0.15, 0.2) is 53.5 Å².